The summed E-state index contributed by atoms with van der Waals surface area (Å²) in [5, 5.41) is 0. The average Bonchev–Trinajstić information content (AvgIpc) is 2.47. The Morgan fingerprint density at radius 2 is 2.00 bits per heavy atom. The molecule has 0 unspecified atom stereocenters. The quantitative estimate of drug-likeness (QED) is 0.884. The van der Waals surface area contributed by atoms with E-state index in [1.54, 1.807) is 20.4 Å². The molecular weight excluding hydrogens is 242 g/mol. The van der Waals surface area contributed by atoms with Gasteiger partial charge in [0.1, 0.15) is 17.3 Å². The van der Waals surface area contributed by atoms with Crippen LogP contribution < -0.4 is 15.2 Å². The van der Waals surface area contributed by atoms with Crippen molar-refractivity contribution in [3.63, 3.8) is 0 Å². The molecule has 2 rings (SSSR count). The molecule has 1 aromatic carbocycles. The molecule has 0 saturated carbocycles. The molecule has 100 valence electrons. The third kappa shape index (κ3) is 3.00. The minimum Gasteiger partial charge on any atom is -0.497 e. The second kappa shape index (κ2) is 6.15. The van der Waals surface area contributed by atoms with Crippen LogP contribution in [0.4, 0.5) is 0 Å². The van der Waals surface area contributed by atoms with Gasteiger partial charge in [-0.15, -0.1) is 0 Å². The Bertz CT molecular complexity index is 558. The molecule has 0 spiro atoms. The summed E-state index contributed by atoms with van der Waals surface area (Å²) in [4.78, 5) is 8.67. The van der Waals surface area contributed by atoms with Gasteiger partial charge in [0.05, 0.1) is 19.9 Å². The van der Waals surface area contributed by atoms with E-state index in [1.807, 2.05) is 24.3 Å². The smallest absolute Gasteiger partial charge is 0.131 e. The summed E-state index contributed by atoms with van der Waals surface area (Å²) in [5.74, 6) is 2.20. The van der Waals surface area contributed by atoms with Crippen LogP contribution in [0.15, 0.2) is 30.5 Å². The SMILES string of the molecule is COc1ccc(-c2ccnc(CCN)n2)c(OC)c1. The molecule has 2 aromatic rings. The zero-order chi connectivity index (χ0) is 13.7. The summed E-state index contributed by atoms with van der Waals surface area (Å²) in [6, 6.07) is 7.49. The lowest BCUT2D eigenvalue weighted by Crippen LogP contribution is -2.06. The molecule has 0 radical (unpaired) electrons. The van der Waals surface area contributed by atoms with Crippen molar-refractivity contribution in [2.75, 3.05) is 20.8 Å². The van der Waals surface area contributed by atoms with Crippen LogP contribution in [0.2, 0.25) is 0 Å². The molecule has 2 N–H and O–H groups in total. The molecule has 0 aliphatic carbocycles. The van der Waals surface area contributed by atoms with Gasteiger partial charge in [0.15, 0.2) is 0 Å². The van der Waals surface area contributed by atoms with E-state index in [9.17, 15) is 0 Å². The highest BCUT2D eigenvalue weighted by molar-refractivity contribution is 5.68. The largest absolute Gasteiger partial charge is 0.497 e. The number of methoxy groups -OCH3 is 2. The van der Waals surface area contributed by atoms with Crippen molar-refractivity contribution in [1.82, 2.24) is 9.97 Å². The number of benzene rings is 1. The van der Waals surface area contributed by atoms with Gasteiger partial charge in [-0.2, -0.15) is 0 Å². The van der Waals surface area contributed by atoms with Gasteiger partial charge in [0.2, 0.25) is 0 Å². The predicted octanol–water partition coefficient (Wildman–Crippen LogP) is 1.66. The molecule has 0 atom stereocenters. The van der Waals surface area contributed by atoms with Crippen molar-refractivity contribution in [2.45, 2.75) is 6.42 Å². The number of hydrogen-bond acceptors (Lipinski definition) is 5. The van der Waals surface area contributed by atoms with Gasteiger partial charge in [-0.1, -0.05) is 0 Å². The van der Waals surface area contributed by atoms with Gasteiger partial charge < -0.3 is 15.2 Å². The molecule has 0 fully saturated rings. The summed E-state index contributed by atoms with van der Waals surface area (Å²) in [6.45, 7) is 0.531. The Labute approximate surface area is 112 Å². The van der Waals surface area contributed by atoms with E-state index in [4.69, 9.17) is 15.2 Å². The first-order valence-corrected chi connectivity index (χ1v) is 6.03. The lowest BCUT2D eigenvalue weighted by atomic mass is 10.1. The van der Waals surface area contributed by atoms with Crippen LogP contribution in [0.25, 0.3) is 11.3 Å². The maximum atomic E-state index is 5.52. The molecule has 0 amide bonds. The Morgan fingerprint density at radius 3 is 2.68 bits per heavy atom. The fraction of sp³-hybridized carbons (Fsp3) is 0.286. The van der Waals surface area contributed by atoms with Gasteiger partial charge in [-0.25, -0.2) is 9.97 Å². The average molecular weight is 259 g/mol. The van der Waals surface area contributed by atoms with Gasteiger partial charge >= 0.3 is 0 Å². The van der Waals surface area contributed by atoms with E-state index in [0.29, 0.717) is 13.0 Å². The number of aromatic nitrogens is 2. The van der Waals surface area contributed by atoms with Crippen molar-refractivity contribution in [1.29, 1.82) is 0 Å². The van der Waals surface area contributed by atoms with Crippen molar-refractivity contribution in [3.8, 4) is 22.8 Å². The Balaban J connectivity index is 2.43. The van der Waals surface area contributed by atoms with E-state index in [0.717, 1.165) is 28.6 Å². The molecule has 0 aliphatic rings. The van der Waals surface area contributed by atoms with E-state index in [-0.39, 0.29) is 0 Å². The number of hydrogen-bond donors (Lipinski definition) is 1. The summed E-state index contributed by atoms with van der Waals surface area (Å²) >= 11 is 0. The van der Waals surface area contributed by atoms with Gasteiger partial charge in [0, 0.05) is 24.2 Å². The first-order valence-electron chi connectivity index (χ1n) is 6.03. The zero-order valence-corrected chi connectivity index (χ0v) is 11.1. The van der Waals surface area contributed by atoms with E-state index in [1.165, 1.54) is 0 Å². The van der Waals surface area contributed by atoms with Crippen LogP contribution in [0.5, 0.6) is 11.5 Å². The van der Waals surface area contributed by atoms with Gasteiger partial charge in [0.25, 0.3) is 0 Å². The third-order valence-corrected chi connectivity index (χ3v) is 2.76. The maximum Gasteiger partial charge on any atom is 0.131 e. The summed E-state index contributed by atoms with van der Waals surface area (Å²) < 4.78 is 10.6. The van der Waals surface area contributed by atoms with E-state index < -0.39 is 0 Å². The van der Waals surface area contributed by atoms with Crippen LogP contribution in [0, 0.1) is 0 Å². The van der Waals surface area contributed by atoms with Crippen molar-refractivity contribution < 1.29 is 9.47 Å². The highest BCUT2D eigenvalue weighted by atomic mass is 16.5. The van der Waals surface area contributed by atoms with E-state index in [2.05, 4.69) is 9.97 Å². The van der Waals surface area contributed by atoms with Crippen LogP contribution in [0.1, 0.15) is 5.82 Å². The van der Waals surface area contributed by atoms with E-state index >= 15 is 0 Å². The summed E-state index contributed by atoms with van der Waals surface area (Å²) in [5.41, 5.74) is 7.25. The predicted molar refractivity (Wildman–Crippen MR) is 73.3 cm³/mol. The number of ether oxygens (including phenoxy) is 2. The molecule has 19 heavy (non-hydrogen) atoms. The molecule has 0 bridgehead atoms. The second-order valence-electron chi connectivity index (χ2n) is 3.96. The molecule has 0 saturated heterocycles. The maximum absolute atomic E-state index is 5.52. The van der Waals surface area contributed by atoms with Crippen LogP contribution in [-0.2, 0) is 6.42 Å². The Kier molecular flexibility index (Phi) is 4.30. The number of rotatable bonds is 5. The first kappa shape index (κ1) is 13.3. The minimum absolute atomic E-state index is 0.531. The Morgan fingerprint density at radius 1 is 1.16 bits per heavy atom. The lowest BCUT2D eigenvalue weighted by molar-refractivity contribution is 0.395. The monoisotopic (exact) mass is 259 g/mol. The molecule has 1 aromatic heterocycles. The second-order valence-corrected chi connectivity index (χ2v) is 3.96. The van der Waals surface area contributed by atoms with Crippen molar-refractivity contribution in [3.05, 3.63) is 36.3 Å². The lowest BCUT2D eigenvalue weighted by Gasteiger charge is -2.10. The highest BCUT2D eigenvalue weighted by Gasteiger charge is 2.09. The topological polar surface area (TPSA) is 70.3 Å². The molecule has 5 nitrogen and oxygen atoms in total. The fourth-order valence-corrected chi connectivity index (χ4v) is 1.81. The first-order chi connectivity index (χ1) is 9.28. The molecule has 0 aliphatic heterocycles. The van der Waals surface area contributed by atoms with Crippen LogP contribution in [0.3, 0.4) is 0 Å². The van der Waals surface area contributed by atoms with Crippen LogP contribution in [-0.4, -0.2) is 30.7 Å². The molecular formula is C14H17N3O2. The highest BCUT2D eigenvalue weighted by Crippen LogP contribution is 2.31. The van der Waals surface area contributed by atoms with Crippen molar-refractivity contribution in [2.24, 2.45) is 5.73 Å². The third-order valence-electron chi connectivity index (χ3n) is 2.76. The minimum atomic E-state index is 0.531. The molecule has 5 heteroatoms. The number of nitrogens with two attached hydrogens (primary N) is 1. The van der Waals surface area contributed by atoms with Crippen LogP contribution >= 0.6 is 0 Å². The fourth-order valence-electron chi connectivity index (χ4n) is 1.81. The number of nitrogens with zero attached hydrogens (tertiary/aromatic N) is 2. The summed E-state index contributed by atoms with van der Waals surface area (Å²) in [6.07, 6.45) is 2.39. The van der Waals surface area contributed by atoms with Gasteiger partial charge in [-0.05, 0) is 24.7 Å². The zero-order valence-electron chi connectivity index (χ0n) is 11.1. The van der Waals surface area contributed by atoms with Gasteiger partial charge in [-0.3, -0.25) is 0 Å². The Hall–Kier alpha value is -2.14. The summed E-state index contributed by atoms with van der Waals surface area (Å²) in [7, 11) is 3.25. The standard InChI is InChI=1S/C14H17N3O2/c1-18-10-3-4-11(13(9-10)19-2)12-6-8-16-14(17-12)5-7-15/h3-4,6,8-9H,5,7,15H2,1-2H3. The molecule has 1 heterocycles. The van der Waals surface area contributed by atoms with Crippen molar-refractivity contribution >= 4 is 0 Å². The normalized spacial score (nSPS) is 10.3.